The van der Waals surface area contributed by atoms with E-state index in [9.17, 15) is 0 Å². The lowest BCUT2D eigenvalue weighted by molar-refractivity contribution is 0.456. The molecule has 0 aliphatic carbocycles. The van der Waals surface area contributed by atoms with Crippen LogP contribution in [0.4, 0.5) is 0 Å². The Kier molecular flexibility index (Phi) is 4.65. The third-order valence-electron chi connectivity index (χ3n) is 7.99. The summed E-state index contributed by atoms with van der Waals surface area (Å²) in [6.45, 7) is 0. The average molecular weight is 485 g/mol. The number of benzene rings is 7. The van der Waals surface area contributed by atoms with Crippen molar-refractivity contribution in [2.75, 3.05) is 0 Å². The van der Waals surface area contributed by atoms with Gasteiger partial charge in [-0.2, -0.15) is 0 Å². The number of fused-ring (bicyclic) bond motifs is 7. The summed E-state index contributed by atoms with van der Waals surface area (Å²) in [6.07, 6.45) is 0. The molecule has 0 fully saturated rings. The molecule has 0 atom stereocenters. The molecule has 8 rings (SSSR count). The van der Waals surface area contributed by atoms with E-state index in [1.165, 1.54) is 60.1 Å². The van der Waals surface area contributed by atoms with Crippen LogP contribution in [0.1, 0.15) is 22.6 Å². The maximum Gasteiger partial charge on any atom is 0.132 e. The van der Waals surface area contributed by atoms with E-state index in [1.54, 1.807) is 0 Å². The van der Waals surface area contributed by atoms with E-state index in [0.717, 1.165) is 11.5 Å². The zero-order valence-electron chi connectivity index (χ0n) is 20.8. The normalized spacial score (nSPS) is 12.8. The Hall–Kier alpha value is -4.88. The summed E-state index contributed by atoms with van der Waals surface area (Å²) in [6, 6.07) is 50.3. The van der Waals surface area contributed by atoms with Gasteiger partial charge in [0.15, 0.2) is 0 Å². The van der Waals surface area contributed by atoms with Gasteiger partial charge in [0, 0.05) is 17.0 Å². The molecule has 1 aliphatic rings. The maximum atomic E-state index is 6.58. The predicted octanol–water partition coefficient (Wildman–Crippen LogP) is 10.1. The quantitative estimate of drug-likeness (QED) is 0.237. The first kappa shape index (κ1) is 21.2. The highest BCUT2D eigenvalue weighted by Gasteiger charge is 2.32. The van der Waals surface area contributed by atoms with Crippen LogP contribution in [-0.4, -0.2) is 0 Å². The smallest absolute Gasteiger partial charge is 0.132 e. The minimum atomic E-state index is 0.0663. The van der Waals surface area contributed by atoms with Gasteiger partial charge in [-0.25, -0.2) is 0 Å². The molecule has 0 amide bonds. The van der Waals surface area contributed by atoms with Crippen molar-refractivity contribution in [3.8, 4) is 22.6 Å². The number of ether oxygens (including phenoxy) is 1. The van der Waals surface area contributed by atoms with Crippen molar-refractivity contribution in [1.29, 1.82) is 0 Å². The van der Waals surface area contributed by atoms with E-state index in [1.807, 2.05) is 0 Å². The van der Waals surface area contributed by atoms with E-state index in [4.69, 9.17) is 4.74 Å². The van der Waals surface area contributed by atoms with Crippen LogP contribution < -0.4 is 4.74 Å². The lowest BCUT2D eigenvalue weighted by Crippen LogP contribution is -2.13. The summed E-state index contributed by atoms with van der Waals surface area (Å²) in [5.41, 5.74) is 6.21. The fourth-order valence-electron chi connectivity index (χ4n) is 6.16. The van der Waals surface area contributed by atoms with Gasteiger partial charge >= 0.3 is 0 Å². The highest BCUT2D eigenvalue weighted by atomic mass is 16.5. The van der Waals surface area contributed by atoms with Gasteiger partial charge in [-0.1, -0.05) is 121 Å². The van der Waals surface area contributed by atoms with Crippen LogP contribution in [-0.2, 0) is 0 Å². The van der Waals surface area contributed by atoms with Crippen LogP contribution in [0.3, 0.4) is 0 Å². The van der Waals surface area contributed by atoms with E-state index in [-0.39, 0.29) is 5.92 Å². The molecule has 1 heterocycles. The predicted molar refractivity (Wildman–Crippen MR) is 158 cm³/mol. The van der Waals surface area contributed by atoms with Gasteiger partial charge in [0.05, 0.1) is 0 Å². The molecular weight excluding hydrogens is 460 g/mol. The first-order valence-corrected chi connectivity index (χ1v) is 13.1. The van der Waals surface area contributed by atoms with Crippen molar-refractivity contribution in [3.05, 3.63) is 156 Å². The number of hydrogen-bond donors (Lipinski definition) is 0. The Labute approximate surface area is 221 Å². The largest absolute Gasteiger partial charge is 0.457 e. The van der Waals surface area contributed by atoms with Crippen LogP contribution in [0.2, 0.25) is 0 Å². The first-order chi connectivity index (χ1) is 18.8. The van der Waals surface area contributed by atoms with Gasteiger partial charge in [0.1, 0.15) is 11.5 Å². The SMILES string of the molecule is c1ccc2cc(-c3ccc(C4c5c(ccc6ccccc56)Oc5ccc6ccccc6c54)cc3)ccc2c1. The van der Waals surface area contributed by atoms with E-state index < -0.39 is 0 Å². The van der Waals surface area contributed by atoms with Crippen LogP contribution in [0.5, 0.6) is 11.5 Å². The van der Waals surface area contributed by atoms with Crippen molar-refractivity contribution in [2.24, 2.45) is 0 Å². The molecule has 0 radical (unpaired) electrons. The average Bonchev–Trinajstić information content (AvgIpc) is 2.99. The third-order valence-corrected chi connectivity index (χ3v) is 7.99. The van der Waals surface area contributed by atoms with E-state index >= 15 is 0 Å². The molecule has 0 N–H and O–H groups in total. The molecule has 0 saturated heterocycles. The van der Waals surface area contributed by atoms with E-state index in [0.29, 0.717) is 0 Å². The molecular formula is C37H24O. The molecule has 7 aromatic carbocycles. The van der Waals surface area contributed by atoms with Crippen LogP contribution in [0.15, 0.2) is 140 Å². The molecule has 0 unspecified atom stereocenters. The summed E-state index contributed by atoms with van der Waals surface area (Å²) in [5.74, 6) is 1.95. The molecule has 178 valence electrons. The minimum Gasteiger partial charge on any atom is -0.457 e. The second-order valence-electron chi connectivity index (χ2n) is 10.1. The lowest BCUT2D eigenvalue weighted by atomic mass is 9.78. The molecule has 1 nitrogen and oxygen atoms in total. The zero-order chi connectivity index (χ0) is 25.1. The number of rotatable bonds is 2. The standard InChI is InChI=1S/C37H24O/c1-2-10-29-23-30(18-15-24(29)7-1)25-13-16-28(17-14-25)35-36-31-11-5-3-8-26(31)19-21-33(36)38-34-22-20-27-9-4-6-12-32(27)37(34)35/h1-23,35H. The lowest BCUT2D eigenvalue weighted by Gasteiger charge is -2.31. The van der Waals surface area contributed by atoms with Gasteiger partial charge in [0.2, 0.25) is 0 Å². The zero-order valence-corrected chi connectivity index (χ0v) is 20.8. The Morgan fingerprint density at radius 1 is 0.395 bits per heavy atom. The molecule has 7 aromatic rings. The fourth-order valence-corrected chi connectivity index (χ4v) is 6.16. The highest BCUT2D eigenvalue weighted by molar-refractivity contribution is 5.95. The maximum absolute atomic E-state index is 6.58. The van der Waals surface area contributed by atoms with Crippen molar-refractivity contribution in [2.45, 2.75) is 5.92 Å². The van der Waals surface area contributed by atoms with Gasteiger partial charge < -0.3 is 4.74 Å². The molecule has 1 aliphatic heterocycles. The van der Waals surface area contributed by atoms with Gasteiger partial charge in [-0.3, -0.25) is 0 Å². The minimum absolute atomic E-state index is 0.0663. The Morgan fingerprint density at radius 2 is 0.895 bits per heavy atom. The molecule has 38 heavy (non-hydrogen) atoms. The van der Waals surface area contributed by atoms with Gasteiger partial charge in [-0.05, 0) is 67.2 Å². The Balaban J connectivity index is 1.34. The Bertz CT molecular complexity index is 1910. The van der Waals surface area contributed by atoms with Crippen molar-refractivity contribution < 1.29 is 4.74 Å². The fraction of sp³-hybridized carbons (Fsp3) is 0.0270. The second-order valence-corrected chi connectivity index (χ2v) is 10.1. The van der Waals surface area contributed by atoms with Crippen LogP contribution >= 0.6 is 0 Å². The van der Waals surface area contributed by atoms with E-state index in [2.05, 4.69) is 140 Å². The van der Waals surface area contributed by atoms with Gasteiger partial charge in [0.25, 0.3) is 0 Å². The van der Waals surface area contributed by atoms with Gasteiger partial charge in [-0.15, -0.1) is 0 Å². The summed E-state index contributed by atoms with van der Waals surface area (Å²) in [4.78, 5) is 0. The summed E-state index contributed by atoms with van der Waals surface area (Å²) in [5, 5.41) is 7.48. The van der Waals surface area contributed by atoms with Crippen LogP contribution in [0, 0.1) is 0 Å². The molecule has 0 aromatic heterocycles. The Morgan fingerprint density at radius 3 is 1.53 bits per heavy atom. The third kappa shape index (κ3) is 3.26. The molecule has 0 bridgehead atoms. The number of hydrogen-bond acceptors (Lipinski definition) is 1. The topological polar surface area (TPSA) is 9.23 Å². The summed E-state index contributed by atoms with van der Waals surface area (Å²) < 4.78 is 6.58. The van der Waals surface area contributed by atoms with Crippen LogP contribution in [0.25, 0.3) is 43.4 Å². The second kappa shape index (κ2) is 8.33. The first-order valence-electron chi connectivity index (χ1n) is 13.1. The molecule has 0 saturated carbocycles. The van der Waals surface area contributed by atoms with Crippen molar-refractivity contribution >= 4 is 32.3 Å². The highest BCUT2D eigenvalue weighted by Crippen LogP contribution is 2.52. The molecule has 0 spiro atoms. The summed E-state index contributed by atoms with van der Waals surface area (Å²) in [7, 11) is 0. The van der Waals surface area contributed by atoms with Crippen molar-refractivity contribution in [3.63, 3.8) is 0 Å². The monoisotopic (exact) mass is 484 g/mol. The summed E-state index contributed by atoms with van der Waals surface area (Å²) >= 11 is 0. The molecule has 1 heteroatoms. The van der Waals surface area contributed by atoms with Crippen molar-refractivity contribution in [1.82, 2.24) is 0 Å².